The van der Waals surface area contributed by atoms with E-state index in [1.807, 2.05) is 0 Å². The van der Waals surface area contributed by atoms with Gasteiger partial charge in [0.1, 0.15) is 6.54 Å². The van der Waals surface area contributed by atoms with E-state index < -0.39 is 5.97 Å². The van der Waals surface area contributed by atoms with Crippen LogP contribution in [0.1, 0.15) is 25.7 Å². The van der Waals surface area contributed by atoms with Crippen molar-refractivity contribution in [2.75, 3.05) is 25.9 Å². The van der Waals surface area contributed by atoms with Crippen molar-refractivity contribution in [3.05, 3.63) is 0 Å². The first kappa shape index (κ1) is 13.5. The van der Waals surface area contributed by atoms with Crippen molar-refractivity contribution in [3.63, 3.8) is 0 Å². The lowest BCUT2D eigenvalue weighted by atomic mass is 10.3. The van der Waals surface area contributed by atoms with E-state index in [1.54, 1.807) is 11.8 Å². The Hall–Kier alpha value is -0.910. The van der Waals surface area contributed by atoms with E-state index in [0.717, 1.165) is 25.7 Å². The number of carboxylic acids is 1. The third-order valence-electron chi connectivity index (χ3n) is 3.59. The monoisotopic (exact) mass is 272 g/mol. The molecule has 102 valence electrons. The van der Waals surface area contributed by atoms with Gasteiger partial charge < -0.3 is 15.3 Å². The van der Waals surface area contributed by atoms with Crippen LogP contribution in [-0.2, 0) is 4.79 Å². The number of hydrogen-bond acceptors (Lipinski definition) is 3. The molecule has 2 amide bonds. The molecule has 0 bridgehead atoms. The summed E-state index contributed by atoms with van der Waals surface area (Å²) in [5.41, 5.74) is 0. The SMILES string of the molecule is CSC1(CNC(=O)N(CC(=O)O)CC2CC2)CC1. The van der Waals surface area contributed by atoms with Crippen LogP contribution >= 0.6 is 11.8 Å². The van der Waals surface area contributed by atoms with Gasteiger partial charge in [-0.05, 0) is 37.9 Å². The first-order valence-electron chi connectivity index (χ1n) is 6.34. The normalized spacial score (nSPS) is 20.3. The Labute approximate surface area is 111 Å². The van der Waals surface area contributed by atoms with Gasteiger partial charge in [0.15, 0.2) is 0 Å². The Kier molecular flexibility index (Phi) is 4.04. The van der Waals surface area contributed by atoms with E-state index in [9.17, 15) is 9.59 Å². The highest BCUT2D eigenvalue weighted by molar-refractivity contribution is 8.00. The molecular weight excluding hydrogens is 252 g/mol. The average Bonchev–Trinajstić information content (AvgIpc) is 3.20. The zero-order valence-corrected chi connectivity index (χ0v) is 11.5. The molecule has 0 spiro atoms. The third-order valence-corrected chi connectivity index (χ3v) is 5.01. The molecule has 2 fully saturated rings. The van der Waals surface area contributed by atoms with Crippen LogP contribution in [0.2, 0.25) is 0 Å². The smallest absolute Gasteiger partial charge is 0.323 e. The molecular formula is C12H20N2O3S. The molecule has 0 aliphatic heterocycles. The first-order valence-corrected chi connectivity index (χ1v) is 7.57. The summed E-state index contributed by atoms with van der Waals surface area (Å²) in [6.45, 7) is 1.02. The van der Waals surface area contributed by atoms with Crippen LogP contribution in [0.3, 0.4) is 0 Å². The van der Waals surface area contributed by atoms with Crippen molar-refractivity contribution in [1.82, 2.24) is 10.2 Å². The first-order chi connectivity index (χ1) is 8.54. The molecule has 2 rings (SSSR count). The third kappa shape index (κ3) is 3.80. The van der Waals surface area contributed by atoms with Gasteiger partial charge in [-0.25, -0.2) is 4.79 Å². The van der Waals surface area contributed by atoms with Gasteiger partial charge in [-0.3, -0.25) is 4.79 Å². The molecule has 2 saturated carbocycles. The number of amides is 2. The van der Waals surface area contributed by atoms with Gasteiger partial charge in [0, 0.05) is 17.8 Å². The highest BCUT2D eigenvalue weighted by atomic mass is 32.2. The van der Waals surface area contributed by atoms with Crippen LogP contribution in [0.15, 0.2) is 0 Å². The Balaban J connectivity index is 1.80. The van der Waals surface area contributed by atoms with Crippen LogP contribution in [0.5, 0.6) is 0 Å². The van der Waals surface area contributed by atoms with E-state index in [4.69, 9.17) is 5.11 Å². The van der Waals surface area contributed by atoms with Gasteiger partial charge in [0.25, 0.3) is 0 Å². The highest BCUT2D eigenvalue weighted by Gasteiger charge is 2.42. The number of rotatable bonds is 7. The van der Waals surface area contributed by atoms with Crippen LogP contribution in [0, 0.1) is 5.92 Å². The molecule has 18 heavy (non-hydrogen) atoms. The number of aliphatic carboxylic acids is 1. The summed E-state index contributed by atoms with van der Waals surface area (Å²) in [6, 6.07) is -0.232. The molecule has 0 atom stereocenters. The Bertz CT molecular complexity index is 340. The predicted molar refractivity (Wildman–Crippen MR) is 70.8 cm³/mol. The maximum Gasteiger partial charge on any atom is 0.323 e. The summed E-state index contributed by atoms with van der Waals surface area (Å²) in [5, 5.41) is 11.7. The largest absolute Gasteiger partial charge is 0.480 e. The molecule has 0 aromatic rings. The lowest BCUT2D eigenvalue weighted by molar-refractivity contribution is -0.137. The van der Waals surface area contributed by atoms with E-state index in [2.05, 4.69) is 11.6 Å². The molecule has 0 aromatic carbocycles. The Morgan fingerprint density at radius 1 is 1.44 bits per heavy atom. The Morgan fingerprint density at radius 2 is 2.11 bits per heavy atom. The van der Waals surface area contributed by atoms with Crippen LogP contribution < -0.4 is 5.32 Å². The predicted octanol–water partition coefficient (Wildman–Crippen LogP) is 1.39. The number of hydrogen-bond donors (Lipinski definition) is 2. The molecule has 2 aliphatic carbocycles. The topological polar surface area (TPSA) is 69.6 Å². The molecule has 2 N–H and O–H groups in total. The maximum atomic E-state index is 12.0. The number of carbonyl (C=O) groups excluding carboxylic acids is 1. The number of urea groups is 1. The maximum absolute atomic E-state index is 12.0. The second kappa shape index (κ2) is 5.38. The van der Waals surface area contributed by atoms with Crippen molar-refractivity contribution in [3.8, 4) is 0 Å². The minimum Gasteiger partial charge on any atom is -0.480 e. The van der Waals surface area contributed by atoms with Crippen molar-refractivity contribution in [2.24, 2.45) is 5.92 Å². The fraction of sp³-hybridized carbons (Fsp3) is 0.833. The number of carboxylic acid groups (broad SMARTS) is 1. The molecule has 0 saturated heterocycles. The quantitative estimate of drug-likeness (QED) is 0.735. The van der Waals surface area contributed by atoms with Gasteiger partial charge in [0.2, 0.25) is 0 Å². The van der Waals surface area contributed by atoms with Crippen LogP contribution in [0.4, 0.5) is 4.79 Å². The van der Waals surface area contributed by atoms with E-state index in [1.165, 1.54) is 4.90 Å². The number of thioether (sulfide) groups is 1. The highest BCUT2D eigenvalue weighted by Crippen LogP contribution is 2.46. The second-order valence-corrected chi connectivity index (χ2v) is 6.54. The summed E-state index contributed by atoms with van der Waals surface area (Å²) in [6.07, 6.45) is 6.54. The Morgan fingerprint density at radius 3 is 2.56 bits per heavy atom. The van der Waals surface area contributed by atoms with Crippen molar-refractivity contribution in [2.45, 2.75) is 30.4 Å². The van der Waals surface area contributed by atoms with E-state index in [0.29, 0.717) is 19.0 Å². The minimum atomic E-state index is -0.947. The molecule has 2 aliphatic rings. The van der Waals surface area contributed by atoms with Gasteiger partial charge in [-0.15, -0.1) is 0 Å². The summed E-state index contributed by atoms with van der Waals surface area (Å²) in [7, 11) is 0. The number of carbonyl (C=O) groups is 2. The lowest BCUT2D eigenvalue weighted by Crippen LogP contribution is -2.45. The van der Waals surface area contributed by atoms with Gasteiger partial charge in [-0.2, -0.15) is 11.8 Å². The molecule has 0 heterocycles. The summed E-state index contributed by atoms with van der Waals surface area (Å²) < 4.78 is 0.212. The summed E-state index contributed by atoms with van der Waals surface area (Å²) in [4.78, 5) is 24.2. The van der Waals surface area contributed by atoms with E-state index in [-0.39, 0.29) is 17.3 Å². The lowest BCUT2D eigenvalue weighted by Gasteiger charge is -2.22. The van der Waals surface area contributed by atoms with Gasteiger partial charge in [0.05, 0.1) is 0 Å². The fourth-order valence-electron chi connectivity index (χ4n) is 1.94. The minimum absolute atomic E-state index is 0.200. The zero-order chi connectivity index (χ0) is 13.2. The van der Waals surface area contributed by atoms with Gasteiger partial charge >= 0.3 is 12.0 Å². The summed E-state index contributed by atoms with van der Waals surface area (Å²) >= 11 is 1.78. The van der Waals surface area contributed by atoms with E-state index >= 15 is 0 Å². The van der Waals surface area contributed by atoms with Crippen LogP contribution in [0.25, 0.3) is 0 Å². The standard InChI is InChI=1S/C12H20N2O3S/c1-18-12(4-5-12)8-13-11(17)14(7-10(15)16)6-9-2-3-9/h9H,2-8H2,1H3,(H,13,17)(H,15,16). The second-order valence-electron chi connectivity index (χ2n) is 5.26. The molecule has 0 radical (unpaired) electrons. The zero-order valence-electron chi connectivity index (χ0n) is 10.6. The molecule has 0 unspecified atom stereocenters. The summed E-state index contributed by atoms with van der Waals surface area (Å²) in [5.74, 6) is -0.442. The molecule has 0 aromatic heterocycles. The van der Waals surface area contributed by atoms with Crippen molar-refractivity contribution >= 4 is 23.8 Å². The van der Waals surface area contributed by atoms with Gasteiger partial charge in [-0.1, -0.05) is 0 Å². The van der Waals surface area contributed by atoms with Crippen LogP contribution in [-0.4, -0.2) is 52.6 Å². The molecule has 6 heteroatoms. The average molecular weight is 272 g/mol. The number of nitrogens with zero attached hydrogens (tertiary/aromatic N) is 1. The molecule has 5 nitrogen and oxygen atoms in total. The fourth-order valence-corrected chi connectivity index (χ4v) is 2.66. The van der Waals surface area contributed by atoms with Crippen molar-refractivity contribution in [1.29, 1.82) is 0 Å². The number of nitrogens with one attached hydrogen (secondary N) is 1. The van der Waals surface area contributed by atoms with Crippen molar-refractivity contribution < 1.29 is 14.7 Å².